The first-order valence-corrected chi connectivity index (χ1v) is 6.06. The van der Waals surface area contributed by atoms with Crippen LogP contribution in [0.15, 0.2) is 30.3 Å². The first-order chi connectivity index (χ1) is 9.81. The van der Waals surface area contributed by atoms with Crippen LogP contribution in [0, 0.1) is 17.2 Å². The number of hydrogen-bond acceptors (Lipinski definition) is 3. The molecule has 0 fully saturated rings. The number of halogens is 3. The SMILES string of the molecule is CNC(=O)C(C#N)C(=O)CC(c1ccccc1)C(F)(F)F. The molecule has 0 spiro atoms. The summed E-state index contributed by atoms with van der Waals surface area (Å²) in [6.45, 7) is 0. The average Bonchev–Trinajstić information content (AvgIpc) is 2.45. The van der Waals surface area contributed by atoms with E-state index in [2.05, 4.69) is 5.32 Å². The lowest BCUT2D eigenvalue weighted by atomic mass is 9.89. The molecule has 0 aromatic heterocycles. The van der Waals surface area contributed by atoms with Crippen molar-refractivity contribution in [1.82, 2.24) is 5.32 Å². The number of nitriles is 1. The second-order valence-corrected chi connectivity index (χ2v) is 4.35. The molecule has 112 valence electrons. The van der Waals surface area contributed by atoms with Crippen molar-refractivity contribution < 1.29 is 22.8 Å². The van der Waals surface area contributed by atoms with E-state index in [1.165, 1.54) is 37.4 Å². The van der Waals surface area contributed by atoms with Gasteiger partial charge >= 0.3 is 6.18 Å². The Kier molecular flexibility index (Phi) is 5.47. The highest BCUT2D eigenvalue weighted by molar-refractivity contribution is 6.04. The van der Waals surface area contributed by atoms with Crippen molar-refractivity contribution in [3.63, 3.8) is 0 Å². The maximum absolute atomic E-state index is 13.1. The highest BCUT2D eigenvalue weighted by Gasteiger charge is 2.43. The van der Waals surface area contributed by atoms with Crippen LogP contribution in [0.4, 0.5) is 13.2 Å². The van der Waals surface area contributed by atoms with Gasteiger partial charge in [0.05, 0.1) is 12.0 Å². The van der Waals surface area contributed by atoms with Gasteiger partial charge in [0, 0.05) is 13.5 Å². The summed E-state index contributed by atoms with van der Waals surface area (Å²) in [5.74, 6) is -5.73. The van der Waals surface area contributed by atoms with E-state index in [4.69, 9.17) is 5.26 Å². The largest absolute Gasteiger partial charge is 0.396 e. The van der Waals surface area contributed by atoms with Gasteiger partial charge in [-0.25, -0.2) is 0 Å². The maximum atomic E-state index is 13.1. The van der Waals surface area contributed by atoms with E-state index < -0.39 is 36.1 Å². The number of benzene rings is 1. The summed E-state index contributed by atoms with van der Waals surface area (Å²) in [6.07, 6.45) is -5.58. The molecule has 0 heterocycles. The number of hydrogen-bond donors (Lipinski definition) is 1. The number of carbonyl (C=O) groups is 2. The number of amides is 1. The number of rotatable bonds is 5. The van der Waals surface area contributed by atoms with Gasteiger partial charge in [-0.1, -0.05) is 30.3 Å². The zero-order chi connectivity index (χ0) is 16.0. The quantitative estimate of drug-likeness (QED) is 0.847. The van der Waals surface area contributed by atoms with Crippen LogP contribution in [0.2, 0.25) is 0 Å². The summed E-state index contributed by atoms with van der Waals surface area (Å²) >= 11 is 0. The molecule has 1 N–H and O–H groups in total. The fraction of sp³-hybridized carbons (Fsp3) is 0.357. The van der Waals surface area contributed by atoms with Gasteiger partial charge in [-0.15, -0.1) is 0 Å². The topological polar surface area (TPSA) is 70.0 Å². The number of carbonyl (C=O) groups excluding carboxylic acids is 2. The Hall–Kier alpha value is -2.36. The van der Waals surface area contributed by atoms with Gasteiger partial charge in [0.1, 0.15) is 0 Å². The molecule has 1 aromatic carbocycles. The van der Waals surface area contributed by atoms with E-state index in [1.807, 2.05) is 0 Å². The monoisotopic (exact) mass is 298 g/mol. The molecular weight excluding hydrogens is 285 g/mol. The molecule has 0 aliphatic carbocycles. The Morgan fingerprint density at radius 2 is 1.86 bits per heavy atom. The Bertz CT molecular complexity index is 550. The molecule has 7 heteroatoms. The second-order valence-electron chi connectivity index (χ2n) is 4.35. The van der Waals surface area contributed by atoms with Crippen LogP contribution in [0.1, 0.15) is 17.9 Å². The van der Waals surface area contributed by atoms with Crippen molar-refractivity contribution in [3.8, 4) is 6.07 Å². The zero-order valence-corrected chi connectivity index (χ0v) is 11.1. The molecule has 0 aliphatic rings. The van der Waals surface area contributed by atoms with Crippen molar-refractivity contribution in [2.24, 2.45) is 5.92 Å². The van der Waals surface area contributed by atoms with Gasteiger partial charge in [-0.3, -0.25) is 9.59 Å². The molecular formula is C14H13F3N2O2. The van der Waals surface area contributed by atoms with Gasteiger partial charge in [0.25, 0.3) is 0 Å². The molecule has 21 heavy (non-hydrogen) atoms. The van der Waals surface area contributed by atoms with Gasteiger partial charge in [0.2, 0.25) is 5.91 Å². The van der Waals surface area contributed by atoms with Crippen molar-refractivity contribution in [3.05, 3.63) is 35.9 Å². The van der Waals surface area contributed by atoms with Crippen LogP contribution < -0.4 is 5.32 Å². The number of nitrogens with one attached hydrogen (secondary N) is 1. The van der Waals surface area contributed by atoms with Gasteiger partial charge < -0.3 is 5.32 Å². The number of alkyl halides is 3. The summed E-state index contributed by atoms with van der Waals surface area (Å²) in [5.41, 5.74) is -0.0769. The molecule has 2 unspecified atom stereocenters. The molecule has 1 aromatic rings. The van der Waals surface area contributed by atoms with Crippen molar-refractivity contribution in [2.75, 3.05) is 7.05 Å². The van der Waals surface area contributed by atoms with Crippen molar-refractivity contribution in [2.45, 2.75) is 18.5 Å². The lowest BCUT2D eigenvalue weighted by Crippen LogP contribution is -2.34. The smallest absolute Gasteiger partial charge is 0.358 e. The Morgan fingerprint density at radius 3 is 2.29 bits per heavy atom. The van der Waals surface area contributed by atoms with Crippen molar-refractivity contribution in [1.29, 1.82) is 5.26 Å². The third-order valence-corrected chi connectivity index (χ3v) is 2.96. The van der Waals surface area contributed by atoms with Crippen LogP contribution in [0.25, 0.3) is 0 Å². The fourth-order valence-corrected chi connectivity index (χ4v) is 1.85. The van der Waals surface area contributed by atoms with E-state index in [0.717, 1.165) is 0 Å². The minimum Gasteiger partial charge on any atom is -0.358 e. The first-order valence-electron chi connectivity index (χ1n) is 6.06. The van der Waals surface area contributed by atoms with Gasteiger partial charge in [-0.2, -0.15) is 18.4 Å². The molecule has 2 atom stereocenters. The van der Waals surface area contributed by atoms with Crippen LogP contribution >= 0.6 is 0 Å². The predicted molar refractivity (Wildman–Crippen MR) is 68.0 cm³/mol. The molecule has 0 aliphatic heterocycles. The fourth-order valence-electron chi connectivity index (χ4n) is 1.85. The van der Waals surface area contributed by atoms with Crippen LogP contribution in [0.5, 0.6) is 0 Å². The highest BCUT2D eigenvalue weighted by Crippen LogP contribution is 2.38. The normalized spacial score (nSPS) is 13.9. The Morgan fingerprint density at radius 1 is 1.29 bits per heavy atom. The Labute approximate surface area is 119 Å². The van der Waals surface area contributed by atoms with Crippen molar-refractivity contribution >= 4 is 11.7 Å². The second kappa shape index (κ2) is 6.88. The van der Waals surface area contributed by atoms with Crippen LogP contribution in [0.3, 0.4) is 0 Å². The number of ketones is 1. The standard InChI is InChI=1S/C14H13F3N2O2/c1-19-13(21)10(8-18)12(20)7-11(14(15,16)17)9-5-3-2-4-6-9/h2-6,10-11H,7H2,1H3,(H,19,21). The Balaban J connectivity index is 3.01. The van der Waals surface area contributed by atoms with Gasteiger partial charge in [-0.05, 0) is 5.56 Å². The minimum atomic E-state index is -4.64. The maximum Gasteiger partial charge on any atom is 0.396 e. The molecule has 1 rings (SSSR count). The van der Waals surface area contributed by atoms with Crippen LogP contribution in [-0.2, 0) is 9.59 Å². The zero-order valence-electron chi connectivity index (χ0n) is 11.1. The van der Waals surface area contributed by atoms with Crippen LogP contribution in [-0.4, -0.2) is 24.9 Å². The third kappa shape index (κ3) is 4.31. The third-order valence-electron chi connectivity index (χ3n) is 2.96. The summed E-state index contributed by atoms with van der Waals surface area (Å²) in [4.78, 5) is 23.1. The first kappa shape index (κ1) is 16.7. The minimum absolute atomic E-state index is 0.0769. The van der Waals surface area contributed by atoms with E-state index in [9.17, 15) is 22.8 Å². The molecule has 1 amide bonds. The van der Waals surface area contributed by atoms with Gasteiger partial charge in [0.15, 0.2) is 11.7 Å². The molecule has 4 nitrogen and oxygen atoms in total. The lowest BCUT2D eigenvalue weighted by molar-refractivity contribution is -0.158. The van der Waals surface area contributed by atoms with E-state index in [-0.39, 0.29) is 5.56 Å². The predicted octanol–water partition coefficient (Wildman–Crippen LogP) is 2.18. The summed E-state index contributed by atoms with van der Waals surface area (Å²) in [5, 5.41) is 10.9. The number of Topliss-reactive ketones (excluding diaryl/α,β-unsaturated/α-hetero) is 1. The molecule has 0 saturated carbocycles. The number of nitrogens with zero attached hydrogens (tertiary/aromatic N) is 1. The summed E-state index contributed by atoms with van der Waals surface area (Å²) in [6, 6.07) is 8.36. The summed E-state index contributed by atoms with van der Waals surface area (Å²) < 4.78 is 39.2. The van der Waals surface area contributed by atoms with E-state index >= 15 is 0 Å². The molecule has 0 radical (unpaired) electrons. The lowest BCUT2D eigenvalue weighted by Gasteiger charge is -2.20. The summed E-state index contributed by atoms with van der Waals surface area (Å²) in [7, 11) is 1.21. The molecule has 0 saturated heterocycles. The average molecular weight is 298 g/mol. The van der Waals surface area contributed by atoms with E-state index in [1.54, 1.807) is 6.07 Å². The highest BCUT2D eigenvalue weighted by atomic mass is 19.4. The van der Waals surface area contributed by atoms with E-state index in [0.29, 0.717) is 0 Å². The molecule has 0 bridgehead atoms.